The fraction of sp³-hybridized carbons (Fsp3) is 0.455. The molecule has 0 radical (unpaired) electrons. The van der Waals surface area contributed by atoms with Gasteiger partial charge in [0.2, 0.25) is 12.5 Å². The highest BCUT2D eigenvalue weighted by Crippen LogP contribution is 2.37. The molecule has 0 saturated carbocycles. The number of alkyl halides is 2. The number of anilines is 2. The van der Waals surface area contributed by atoms with E-state index in [1.807, 2.05) is 36.4 Å². The van der Waals surface area contributed by atoms with E-state index in [1.54, 1.807) is 16.8 Å². The van der Waals surface area contributed by atoms with Crippen LogP contribution in [0.15, 0.2) is 48.6 Å². The third-order valence-electron chi connectivity index (χ3n) is 8.97. The Bertz CT molecular complexity index is 1680. The van der Waals surface area contributed by atoms with Crippen molar-refractivity contribution in [3.05, 3.63) is 76.2 Å². The van der Waals surface area contributed by atoms with Crippen LogP contribution in [0.4, 0.5) is 20.3 Å². The van der Waals surface area contributed by atoms with E-state index in [4.69, 9.17) is 38.0 Å². The first-order valence-corrected chi connectivity index (χ1v) is 15.7. The maximum atomic E-state index is 14.1. The number of piperazine rings is 1. The van der Waals surface area contributed by atoms with Crippen LogP contribution in [0.25, 0.3) is 15.6 Å². The molecule has 46 heavy (non-hydrogen) atoms. The van der Waals surface area contributed by atoms with Gasteiger partial charge in [0.25, 0.3) is 5.92 Å². The first-order chi connectivity index (χ1) is 22.2. The predicted molar refractivity (Wildman–Crippen MR) is 173 cm³/mol. The minimum Gasteiger partial charge on any atom is -0.462 e. The summed E-state index contributed by atoms with van der Waals surface area (Å²) in [6, 6.07) is 11.2. The zero-order valence-corrected chi connectivity index (χ0v) is 26.3. The number of aromatic nitrogens is 2. The van der Waals surface area contributed by atoms with Crippen molar-refractivity contribution in [1.82, 2.24) is 19.8 Å². The van der Waals surface area contributed by atoms with Crippen LogP contribution in [0.3, 0.4) is 0 Å². The number of rotatable bonds is 8. The van der Waals surface area contributed by atoms with Gasteiger partial charge in [-0.15, -0.1) is 0 Å². The second-order valence-electron chi connectivity index (χ2n) is 12.0. The number of aliphatic hydroxyl groups excluding tert-OH is 1. The van der Waals surface area contributed by atoms with Crippen LogP contribution in [0, 0.1) is 6.57 Å². The fourth-order valence-electron chi connectivity index (χ4n) is 6.72. The quantitative estimate of drug-likeness (QED) is 0.288. The molecule has 0 aliphatic carbocycles. The second kappa shape index (κ2) is 13.4. The number of hydrogen-bond donors (Lipinski definition) is 1. The maximum absolute atomic E-state index is 14.1. The van der Waals surface area contributed by atoms with Crippen LogP contribution in [0.5, 0.6) is 6.01 Å². The van der Waals surface area contributed by atoms with Gasteiger partial charge in [-0.05, 0) is 31.0 Å². The van der Waals surface area contributed by atoms with Gasteiger partial charge in [0.05, 0.1) is 30.4 Å². The zero-order valence-electron chi connectivity index (χ0n) is 25.6. The van der Waals surface area contributed by atoms with E-state index in [1.165, 1.54) is 12.2 Å². The van der Waals surface area contributed by atoms with Gasteiger partial charge < -0.3 is 29.4 Å². The van der Waals surface area contributed by atoms with Crippen LogP contribution in [0.2, 0.25) is 5.02 Å². The second-order valence-corrected chi connectivity index (χ2v) is 12.4. The Kier molecular flexibility index (Phi) is 9.27. The van der Waals surface area contributed by atoms with Gasteiger partial charge in [-0.2, -0.15) is 9.97 Å². The molecule has 3 aliphatic heterocycles. The summed E-state index contributed by atoms with van der Waals surface area (Å²) >= 11 is 6.67. The molecule has 1 N–H and O–H groups in total. The number of halogens is 3. The largest absolute Gasteiger partial charge is 0.462 e. The Morgan fingerprint density at radius 1 is 1.17 bits per heavy atom. The van der Waals surface area contributed by atoms with E-state index in [-0.39, 0.29) is 50.7 Å². The van der Waals surface area contributed by atoms with Gasteiger partial charge in [-0.1, -0.05) is 41.9 Å². The standard InChI is InChI=1S/C33H36ClF2N7O3/c1-37-17-24-18-42(13-14-43(24)29(45)10-5-15-44)31-25-11-12-41(28-9-4-7-22-6-3-8-26(34)30(22)28)19-27(25)38-32(39-31)46-20-23-16-33(35,36)21-40(23)2/h3-10,23-24,44H,11-21H2,2H3/b10-5+/t23-,24-/m0/s1. The average molecular weight is 652 g/mol. The predicted octanol–water partition coefficient (Wildman–Crippen LogP) is 4.05. The lowest BCUT2D eigenvalue weighted by atomic mass is 10.0. The van der Waals surface area contributed by atoms with Gasteiger partial charge in [-0.25, -0.2) is 15.4 Å². The molecule has 3 aromatic rings. The Balaban J connectivity index is 1.32. The number of likely N-dealkylation sites (N-methyl/N-ethyl adjacent to an activating group) is 1. The molecule has 2 aromatic carbocycles. The molecule has 2 atom stereocenters. The summed E-state index contributed by atoms with van der Waals surface area (Å²) in [5.41, 5.74) is 2.72. The van der Waals surface area contributed by atoms with Crippen molar-refractivity contribution < 1.29 is 23.4 Å². The summed E-state index contributed by atoms with van der Waals surface area (Å²) in [5, 5.41) is 11.8. The normalized spacial score (nSPS) is 21.5. The molecular formula is C33H36ClF2N7O3. The van der Waals surface area contributed by atoms with Crippen molar-refractivity contribution in [3.8, 4) is 6.01 Å². The molecule has 1 amide bonds. The highest BCUT2D eigenvalue weighted by Gasteiger charge is 2.43. The van der Waals surface area contributed by atoms with E-state index < -0.39 is 12.0 Å². The SMILES string of the molecule is [C-]#[N+]C[C@H]1CN(c2nc(OC[C@@H]3CC(F)(F)CN3C)nc3c2CCN(c2cccc4cccc(Cl)c24)C3)CCN1C(=O)/C=C/CO. The van der Waals surface area contributed by atoms with Crippen LogP contribution in [0.1, 0.15) is 17.7 Å². The lowest BCUT2D eigenvalue weighted by molar-refractivity contribution is -0.128. The topological polar surface area (TPSA) is 89.6 Å². The minimum absolute atomic E-state index is 0.0206. The summed E-state index contributed by atoms with van der Waals surface area (Å²) in [7, 11) is 1.66. The monoisotopic (exact) mass is 651 g/mol. The Morgan fingerprint density at radius 2 is 1.98 bits per heavy atom. The van der Waals surface area contributed by atoms with E-state index in [9.17, 15) is 13.6 Å². The van der Waals surface area contributed by atoms with Gasteiger partial charge in [0, 0.05) is 61.4 Å². The van der Waals surface area contributed by atoms with E-state index >= 15 is 0 Å². The lowest BCUT2D eigenvalue weighted by Gasteiger charge is -2.41. The van der Waals surface area contributed by atoms with Gasteiger partial charge in [0.1, 0.15) is 18.5 Å². The molecule has 13 heteroatoms. The van der Waals surface area contributed by atoms with Crippen molar-refractivity contribution in [3.63, 3.8) is 0 Å². The molecule has 0 unspecified atom stereocenters. The number of fused-ring (bicyclic) bond motifs is 2. The summed E-state index contributed by atoms with van der Waals surface area (Å²) < 4.78 is 34.2. The summed E-state index contributed by atoms with van der Waals surface area (Å²) in [4.78, 5) is 33.6. The Labute approximate surface area is 271 Å². The van der Waals surface area contributed by atoms with Crippen molar-refractivity contribution in [1.29, 1.82) is 0 Å². The first kappa shape index (κ1) is 31.9. The van der Waals surface area contributed by atoms with Crippen molar-refractivity contribution in [2.75, 3.05) is 69.3 Å². The van der Waals surface area contributed by atoms with Crippen molar-refractivity contribution >= 4 is 39.8 Å². The number of amides is 1. The molecule has 6 rings (SSSR count). The smallest absolute Gasteiger partial charge is 0.318 e. The number of likely N-dealkylation sites (tertiary alicyclic amines) is 1. The molecular weight excluding hydrogens is 616 g/mol. The number of ether oxygens (including phenoxy) is 1. The summed E-state index contributed by atoms with van der Waals surface area (Å²) in [6.45, 7) is 9.45. The summed E-state index contributed by atoms with van der Waals surface area (Å²) in [5.74, 6) is -2.35. The Hall–Kier alpha value is -4.05. The third kappa shape index (κ3) is 6.58. The van der Waals surface area contributed by atoms with E-state index in [0.717, 1.165) is 27.7 Å². The highest BCUT2D eigenvalue weighted by atomic mass is 35.5. The van der Waals surface area contributed by atoms with Gasteiger partial charge in [0.15, 0.2) is 0 Å². The molecule has 3 aliphatic rings. The molecule has 0 spiro atoms. The highest BCUT2D eigenvalue weighted by molar-refractivity contribution is 6.36. The van der Waals surface area contributed by atoms with Gasteiger partial charge >= 0.3 is 6.01 Å². The molecule has 0 bridgehead atoms. The van der Waals surface area contributed by atoms with Crippen molar-refractivity contribution in [2.45, 2.75) is 37.4 Å². The molecule has 10 nitrogen and oxygen atoms in total. The van der Waals surface area contributed by atoms with E-state index in [0.29, 0.717) is 50.0 Å². The molecule has 242 valence electrons. The lowest BCUT2D eigenvalue weighted by Crippen LogP contribution is -2.56. The number of carbonyl (C=O) groups is 1. The minimum atomic E-state index is -2.77. The number of carbonyl (C=O) groups excluding carboxylic acids is 1. The number of aliphatic hydroxyl groups is 1. The summed E-state index contributed by atoms with van der Waals surface area (Å²) in [6.07, 6.45) is 3.06. The molecule has 2 saturated heterocycles. The molecule has 2 fully saturated rings. The number of hydrogen-bond acceptors (Lipinski definition) is 8. The fourth-order valence-corrected chi connectivity index (χ4v) is 7.00. The molecule has 1 aromatic heterocycles. The average Bonchev–Trinajstić information content (AvgIpc) is 3.32. The third-order valence-corrected chi connectivity index (χ3v) is 9.29. The van der Waals surface area contributed by atoms with E-state index in [2.05, 4.69) is 14.6 Å². The van der Waals surface area contributed by atoms with Crippen LogP contribution < -0.4 is 14.5 Å². The zero-order chi connectivity index (χ0) is 32.4. The van der Waals surface area contributed by atoms with Crippen LogP contribution in [-0.4, -0.2) is 108 Å². The Morgan fingerprint density at radius 3 is 2.72 bits per heavy atom. The first-order valence-electron chi connectivity index (χ1n) is 15.4. The molecule has 4 heterocycles. The van der Waals surface area contributed by atoms with Crippen LogP contribution >= 0.6 is 11.6 Å². The van der Waals surface area contributed by atoms with Crippen LogP contribution in [-0.2, 0) is 17.8 Å². The number of nitrogens with zero attached hydrogens (tertiary/aromatic N) is 7. The number of benzene rings is 2. The van der Waals surface area contributed by atoms with Gasteiger partial charge in [-0.3, -0.25) is 9.69 Å². The van der Waals surface area contributed by atoms with Crippen molar-refractivity contribution in [2.24, 2.45) is 0 Å². The maximum Gasteiger partial charge on any atom is 0.318 e.